The highest BCUT2D eigenvalue weighted by Crippen LogP contribution is 2.35. The van der Waals surface area contributed by atoms with E-state index in [-0.39, 0.29) is 0 Å². The number of benzene rings is 2. The molecule has 0 amide bonds. The lowest BCUT2D eigenvalue weighted by Crippen LogP contribution is -2.07. The molecule has 4 N–H and O–H groups in total. The number of rotatable bonds is 4. The molecule has 0 fully saturated rings. The van der Waals surface area contributed by atoms with Gasteiger partial charge in [0.2, 0.25) is 5.69 Å². The van der Waals surface area contributed by atoms with Crippen molar-refractivity contribution in [3.05, 3.63) is 90.8 Å². The lowest BCUT2D eigenvalue weighted by Gasteiger charge is -2.12. The topological polar surface area (TPSA) is 81.7 Å². The van der Waals surface area contributed by atoms with Gasteiger partial charge in [-0.2, -0.15) is 5.10 Å². The summed E-state index contributed by atoms with van der Waals surface area (Å²) in [6, 6.07) is 24.8. The Morgan fingerprint density at radius 3 is 2.45 bits per heavy atom. The van der Waals surface area contributed by atoms with E-state index in [9.17, 15) is 0 Å². The summed E-state index contributed by atoms with van der Waals surface area (Å²) in [5.41, 5.74) is 13.9. The molecule has 0 aliphatic carbocycles. The molecule has 5 nitrogen and oxygen atoms in total. The maximum absolute atomic E-state index is 5.77. The third kappa shape index (κ3) is 3.17. The second-order valence-electron chi connectivity index (χ2n) is 6.91. The van der Waals surface area contributed by atoms with E-state index in [1.807, 2.05) is 36.5 Å². The molecule has 0 spiro atoms. The zero-order valence-corrected chi connectivity index (χ0v) is 15.8. The van der Waals surface area contributed by atoms with Crippen LogP contribution in [-0.2, 0) is 6.54 Å². The summed E-state index contributed by atoms with van der Waals surface area (Å²) in [4.78, 5) is 8.40. The molecule has 5 rings (SSSR count). The van der Waals surface area contributed by atoms with Gasteiger partial charge in [-0.05, 0) is 23.3 Å². The van der Waals surface area contributed by atoms with Crippen LogP contribution in [0.2, 0.25) is 0 Å². The average Bonchev–Trinajstić information content (AvgIpc) is 3.33. The minimum Gasteiger partial charge on any atom is -0.326 e. The molecular formula is C24H20N5+. The second-order valence-corrected chi connectivity index (χ2v) is 6.91. The number of nitrogens with one attached hydrogen (secondary N) is 2. The fourth-order valence-corrected chi connectivity index (χ4v) is 3.61. The van der Waals surface area contributed by atoms with Crippen molar-refractivity contribution in [3.8, 4) is 33.8 Å². The number of nitrogens with two attached hydrogens (primary N) is 1. The molecule has 3 heterocycles. The van der Waals surface area contributed by atoms with Crippen molar-refractivity contribution in [3.63, 3.8) is 0 Å². The first kappa shape index (κ1) is 17.3. The number of nitrogens with zero attached hydrogens (tertiary/aromatic N) is 2. The largest absolute Gasteiger partial charge is 0.326 e. The number of aromatic amines is 2. The van der Waals surface area contributed by atoms with E-state index >= 15 is 0 Å². The van der Waals surface area contributed by atoms with Gasteiger partial charge in [-0.15, -0.1) is 0 Å². The molecule has 0 unspecified atom stereocenters. The number of hydrogen-bond acceptors (Lipinski definition) is 3. The van der Waals surface area contributed by atoms with Gasteiger partial charge in [0, 0.05) is 29.9 Å². The standard InChI is InChI=1S/C24H19N5/c25-15-16-6-8-18(9-7-16)23-19(17-4-2-1-3-5-17)14-20-21(28-23)10-12-26-24(20)22-11-13-27-29-22/h1-14H,15,25H2,(H,27,29)/p+1. The average molecular weight is 378 g/mol. The molecule has 0 aliphatic rings. The smallest absolute Gasteiger partial charge is 0.238 e. The lowest BCUT2D eigenvalue weighted by molar-refractivity contribution is -0.363. The van der Waals surface area contributed by atoms with Crippen molar-refractivity contribution in [2.45, 2.75) is 6.54 Å². The van der Waals surface area contributed by atoms with E-state index < -0.39 is 0 Å². The van der Waals surface area contributed by atoms with E-state index in [1.54, 1.807) is 6.20 Å². The highest BCUT2D eigenvalue weighted by Gasteiger charge is 2.18. The number of fused-ring (bicyclic) bond motifs is 1. The van der Waals surface area contributed by atoms with Crippen LogP contribution in [0.25, 0.3) is 44.7 Å². The quantitative estimate of drug-likeness (QED) is 0.491. The van der Waals surface area contributed by atoms with Gasteiger partial charge in [0.05, 0.1) is 16.6 Å². The van der Waals surface area contributed by atoms with Crippen LogP contribution in [0.1, 0.15) is 5.56 Å². The molecule has 0 saturated carbocycles. The Labute approximate surface area is 168 Å². The first-order chi connectivity index (χ1) is 14.3. The van der Waals surface area contributed by atoms with Crippen LogP contribution in [0.15, 0.2) is 85.2 Å². The number of aromatic nitrogens is 4. The summed E-state index contributed by atoms with van der Waals surface area (Å²) < 4.78 is 0. The van der Waals surface area contributed by atoms with Gasteiger partial charge in [0.25, 0.3) is 0 Å². The maximum Gasteiger partial charge on any atom is 0.238 e. The molecule has 29 heavy (non-hydrogen) atoms. The van der Waals surface area contributed by atoms with Gasteiger partial charge in [-0.25, -0.2) is 9.97 Å². The van der Waals surface area contributed by atoms with E-state index in [1.165, 1.54) is 0 Å². The first-order valence-electron chi connectivity index (χ1n) is 9.53. The van der Waals surface area contributed by atoms with E-state index in [2.05, 4.69) is 57.6 Å². The van der Waals surface area contributed by atoms with Crippen LogP contribution in [-0.4, -0.2) is 15.2 Å². The summed E-state index contributed by atoms with van der Waals surface area (Å²) in [6.45, 7) is 0.528. The molecule has 0 aliphatic heterocycles. The molecule has 140 valence electrons. The lowest BCUT2D eigenvalue weighted by atomic mass is 9.96. The zero-order chi connectivity index (χ0) is 19.6. The molecule has 2 aromatic carbocycles. The predicted octanol–water partition coefficient (Wildman–Crippen LogP) is 4.23. The van der Waals surface area contributed by atoms with E-state index in [0.717, 1.165) is 50.2 Å². The molecule has 5 aromatic rings. The van der Waals surface area contributed by atoms with E-state index in [0.29, 0.717) is 6.54 Å². The number of pyridine rings is 2. The Kier molecular flexibility index (Phi) is 4.35. The second kappa shape index (κ2) is 7.30. The minimum atomic E-state index is 0.528. The van der Waals surface area contributed by atoms with Crippen molar-refractivity contribution in [1.29, 1.82) is 0 Å². The highest BCUT2D eigenvalue weighted by molar-refractivity contribution is 5.96. The number of H-pyrrole nitrogens is 2. The van der Waals surface area contributed by atoms with Gasteiger partial charge in [-0.1, -0.05) is 54.6 Å². The zero-order valence-electron chi connectivity index (χ0n) is 15.8. The molecule has 3 aromatic heterocycles. The summed E-state index contributed by atoms with van der Waals surface area (Å²) in [6.07, 6.45) is 3.66. The van der Waals surface area contributed by atoms with Crippen LogP contribution in [0.3, 0.4) is 0 Å². The monoisotopic (exact) mass is 378 g/mol. The Balaban J connectivity index is 1.79. The van der Waals surface area contributed by atoms with Crippen molar-refractivity contribution >= 4 is 10.9 Å². The summed E-state index contributed by atoms with van der Waals surface area (Å²) in [5, 5.41) is 8.17. The third-order valence-corrected chi connectivity index (χ3v) is 5.11. The van der Waals surface area contributed by atoms with Crippen LogP contribution in [0.4, 0.5) is 0 Å². The van der Waals surface area contributed by atoms with Gasteiger partial charge >= 0.3 is 0 Å². The van der Waals surface area contributed by atoms with Gasteiger partial charge < -0.3 is 5.73 Å². The van der Waals surface area contributed by atoms with Gasteiger partial charge in [-0.3, -0.25) is 5.10 Å². The summed E-state index contributed by atoms with van der Waals surface area (Å²) in [5.74, 6) is 0. The molecule has 0 bridgehead atoms. The molecular weight excluding hydrogens is 358 g/mol. The Hall–Kier alpha value is -3.83. The van der Waals surface area contributed by atoms with Crippen molar-refractivity contribution in [2.24, 2.45) is 5.73 Å². The van der Waals surface area contributed by atoms with Crippen molar-refractivity contribution in [1.82, 2.24) is 15.2 Å². The Bertz CT molecular complexity index is 1260. The first-order valence-corrected chi connectivity index (χ1v) is 9.53. The maximum atomic E-state index is 5.77. The predicted molar refractivity (Wildman–Crippen MR) is 115 cm³/mol. The SMILES string of the molecule is NCc1ccc(-c2nc3cc[nH+]c(-c4ccn[nH]4)c3cc2-c2ccccc2)cc1. The van der Waals surface area contributed by atoms with Crippen LogP contribution >= 0.6 is 0 Å². The molecule has 0 atom stereocenters. The van der Waals surface area contributed by atoms with Crippen molar-refractivity contribution < 1.29 is 4.98 Å². The Morgan fingerprint density at radius 1 is 0.897 bits per heavy atom. The van der Waals surface area contributed by atoms with Crippen LogP contribution < -0.4 is 10.7 Å². The fourth-order valence-electron chi connectivity index (χ4n) is 3.61. The van der Waals surface area contributed by atoms with Crippen LogP contribution in [0, 0.1) is 0 Å². The fraction of sp³-hybridized carbons (Fsp3) is 0.0417. The minimum absolute atomic E-state index is 0.528. The van der Waals surface area contributed by atoms with Gasteiger partial charge in [0.15, 0.2) is 6.20 Å². The summed E-state index contributed by atoms with van der Waals surface area (Å²) >= 11 is 0. The van der Waals surface area contributed by atoms with Crippen molar-refractivity contribution in [2.75, 3.05) is 0 Å². The normalized spacial score (nSPS) is 11.1. The summed E-state index contributed by atoms with van der Waals surface area (Å²) in [7, 11) is 0. The molecule has 0 saturated heterocycles. The molecule has 5 heteroatoms. The molecule has 0 radical (unpaired) electrons. The van der Waals surface area contributed by atoms with E-state index in [4.69, 9.17) is 10.7 Å². The Morgan fingerprint density at radius 2 is 1.72 bits per heavy atom. The number of hydrogen-bond donors (Lipinski definition) is 2. The third-order valence-electron chi connectivity index (χ3n) is 5.11. The van der Waals surface area contributed by atoms with Crippen LogP contribution in [0.5, 0.6) is 0 Å². The highest BCUT2D eigenvalue weighted by atomic mass is 15.1. The van der Waals surface area contributed by atoms with Gasteiger partial charge in [0.1, 0.15) is 5.69 Å².